The van der Waals surface area contributed by atoms with E-state index in [1.807, 2.05) is 31.3 Å². The van der Waals surface area contributed by atoms with Crippen molar-refractivity contribution in [2.24, 2.45) is 5.92 Å². The molecule has 39 heavy (non-hydrogen) atoms. The van der Waals surface area contributed by atoms with Gasteiger partial charge in [-0.1, -0.05) is 128 Å². The predicted molar refractivity (Wildman–Crippen MR) is 162 cm³/mol. The molecule has 1 aromatic carbocycles. The van der Waals surface area contributed by atoms with E-state index in [2.05, 4.69) is 32.0 Å². The first-order chi connectivity index (χ1) is 19.2. The van der Waals surface area contributed by atoms with E-state index in [1.54, 1.807) is 0 Å². The van der Waals surface area contributed by atoms with Gasteiger partial charge in [0.1, 0.15) is 6.17 Å². The second-order valence-electron chi connectivity index (χ2n) is 11.6. The molecule has 0 amide bonds. The van der Waals surface area contributed by atoms with E-state index < -0.39 is 6.17 Å². The molecule has 2 aromatic rings. The standard InChI is InChI=1S/C35H54FNO2/c1-4-7-9-10-11-12-13-14-15-16-19-28-26-38-35(39-27-28)29-23-24-34(37-25-29)32-22-18-17-21-30(32)31(20-8-5-2)33(36)6-3/h17-18,21-25,28,31,33,35H,4-16,19-20,26-27H2,1-3H3. The fourth-order valence-corrected chi connectivity index (χ4v) is 5.82. The van der Waals surface area contributed by atoms with Crippen molar-refractivity contribution in [3.05, 3.63) is 53.7 Å². The molecule has 0 radical (unpaired) electrons. The number of rotatable bonds is 19. The molecular weight excluding hydrogens is 485 g/mol. The summed E-state index contributed by atoms with van der Waals surface area (Å²) in [4.78, 5) is 4.78. The van der Waals surface area contributed by atoms with Crippen LogP contribution in [-0.4, -0.2) is 24.4 Å². The van der Waals surface area contributed by atoms with Crippen molar-refractivity contribution in [1.29, 1.82) is 0 Å². The van der Waals surface area contributed by atoms with Crippen molar-refractivity contribution in [2.75, 3.05) is 13.2 Å². The van der Waals surface area contributed by atoms with Gasteiger partial charge in [-0.25, -0.2) is 4.39 Å². The minimum absolute atomic E-state index is 0.0925. The Kier molecular flexibility index (Phi) is 15.1. The third-order valence-corrected chi connectivity index (χ3v) is 8.32. The molecule has 3 rings (SSSR count). The maximum atomic E-state index is 15.0. The Morgan fingerprint density at radius 2 is 1.44 bits per heavy atom. The van der Waals surface area contributed by atoms with Crippen LogP contribution in [0.1, 0.15) is 140 Å². The number of nitrogens with zero attached hydrogens (tertiary/aromatic N) is 1. The van der Waals surface area contributed by atoms with Gasteiger partial charge in [0.25, 0.3) is 0 Å². The van der Waals surface area contributed by atoms with Crippen LogP contribution in [0.4, 0.5) is 4.39 Å². The van der Waals surface area contributed by atoms with Gasteiger partial charge >= 0.3 is 0 Å². The lowest BCUT2D eigenvalue weighted by Crippen LogP contribution is -2.27. The highest BCUT2D eigenvalue weighted by atomic mass is 19.1. The lowest BCUT2D eigenvalue weighted by molar-refractivity contribution is -0.206. The van der Waals surface area contributed by atoms with E-state index in [0.29, 0.717) is 12.3 Å². The molecule has 0 spiro atoms. The van der Waals surface area contributed by atoms with E-state index in [1.165, 1.54) is 70.6 Å². The molecule has 4 heteroatoms. The van der Waals surface area contributed by atoms with Gasteiger partial charge in [0, 0.05) is 29.2 Å². The number of pyridine rings is 1. The van der Waals surface area contributed by atoms with Crippen LogP contribution in [0.2, 0.25) is 0 Å². The maximum Gasteiger partial charge on any atom is 0.185 e. The third-order valence-electron chi connectivity index (χ3n) is 8.32. The van der Waals surface area contributed by atoms with E-state index in [4.69, 9.17) is 14.5 Å². The molecule has 0 saturated carbocycles. The molecule has 1 aliphatic heterocycles. The van der Waals surface area contributed by atoms with Gasteiger partial charge in [0.05, 0.1) is 18.9 Å². The molecule has 2 heterocycles. The number of ether oxygens (including phenoxy) is 2. The zero-order chi connectivity index (χ0) is 27.7. The number of unbranched alkanes of at least 4 members (excludes halogenated alkanes) is 10. The zero-order valence-corrected chi connectivity index (χ0v) is 25.0. The van der Waals surface area contributed by atoms with Gasteiger partial charge in [-0.15, -0.1) is 0 Å². The number of alkyl halides is 1. The van der Waals surface area contributed by atoms with Crippen LogP contribution in [0.15, 0.2) is 42.6 Å². The molecular formula is C35H54FNO2. The molecule has 0 aliphatic carbocycles. The first kappa shape index (κ1) is 31.7. The quantitative estimate of drug-likeness (QED) is 0.166. The summed E-state index contributed by atoms with van der Waals surface area (Å²) in [5.41, 5.74) is 3.94. The predicted octanol–water partition coefficient (Wildman–Crippen LogP) is 10.7. The first-order valence-electron chi connectivity index (χ1n) is 16.1. The average molecular weight is 540 g/mol. The summed E-state index contributed by atoms with van der Waals surface area (Å²) in [5.74, 6) is 0.395. The monoisotopic (exact) mass is 539 g/mol. The lowest BCUT2D eigenvalue weighted by atomic mass is 9.84. The SMILES string of the molecule is CCCCCCCCCCCCC1COC(c2ccc(-c3ccccc3C(CCCC)C(F)CC)nc2)OC1. The van der Waals surface area contributed by atoms with Crippen molar-refractivity contribution >= 4 is 0 Å². The average Bonchev–Trinajstić information content (AvgIpc) is 2.99. The van der Waals surface area contributed by atoms with Gasteiger partial charge < -0.3 is 9.47 Å². The highest BCUT2D eigenvalue weighted by molar-refractivity contribution is 5.64. The highest BCUT2D eigenvalue weighted by Gasteiger charge is 2.26. The van der Waals surface area contributed by atoms with Crippen LogP contribution in [0.25, 0.3) is 11.3 Å². The zero-order valence-electron chi connectivity index (χ0n) is 25.0. The van der Waals surface area contributed by atoms with Crippen molar-refractivity contribution in [2.45, 2.75) is 135 Å². The summed E-state index contributed by atoms with van der Waals surface area (Å²) in [5, 5.41) is 0. The van der Waals surface area contributed by atoms with Crippen LogP contribution in [0.3, 0.4) is 0 Å². The summed E-state index contributed by atoms with van der Waals surface area (Å²) in [6, 6.07) is 12.3. The largest absolute Gasteiger partial charge is 0.348 e. The number of halogens is 1. The van der Waals surface area contributed by atoms with Crippen molar-refractivity contribution in [3.8, 4) is 11.3 Å². The van der Waals surface area contributed by atoms with Crippen LogP contribution in [0.5, 0.6) is 0 Å². The van der Waals surface area contributed by atoms with Crippen molar-refractivity contribution in [1.82, 2.24) is 4.98 Å². The smallest absolute Gasteiger partial charge is 0.185 e. The number of benzene rings is 1. The molecule has 218 valence electrons. The third kappa shape index (κ3) is 10.6. The van der Waals surface area contributed by atoms with Crippen molar-refractivity contribution in [3.63, 3.8) is 0 Å². The molecule has 0 bridgehead atoms. The number of hydrogen-bond donors (Lipinski definition) is 0. The fourth-order valence-electron chi connectivity index (χ4n) is 5.82. The second-order valence-corrected chi connectivity index (χ2v) is 11.6. The topological polar surface area (TPSA) is 31.4 Å². The van der Waals surface area contributed by atoms with Crippen molar-refractivity contribution < 1.29 is 13.9 Å². The van der Waals surface area contributed by atoms with Crippen LogP contribution in [0, 0.1) is 5.92 Å². The summed E-state index contributed by atoms with van der Waals surface area (Å²) >= 11 is 0. The molecule has 2 atom stereocenters. The first-order valence-corrected chi connectivity index (χ1v) is 16.1. The van der Waals surface area contributed by atoms with Gasteiger partial charge in [0.2, 0.25) is 0 Å². The van der Waals surface area contributed by atoms with E-state index in [0.717, 1.165) is 54.9 Å². The normalized spacial score (nSPS) is 19.2. The van der Waals surface area contributed by atoms with Gasteiger partial charge in [-0.3, -0.25) is 4.98 Å². The Labute approximate surface area is 238 Å². The van der Waals surface area contributed by atoms with E-state index in [-0.39, 0.29) is 12.2 Å². The Bertz CT molecular complexity index is 894. The molecule has 0 N–H and O–H groups in total. The van der Waals surface area contributed by atoms with Crippen LogP contribution < -0.4 is 0 Å². The van der Waals surface area contributed by atoms with E-state index in [9.17, 15) is 4.39 Å². The minimum Gasteiger partial charge on any atom is -0.348 e. The highest BCUT2D eigenvalue weighted by Crippen LogP contribution is 2.36. The molecule has 2 unspecified atom stereocenters. The molecule has 1 saturated heterocycles. The van der Waals surface area contributed by atoms with Gasteiger partial charge in [-0.2, -0.15) is 0 Å². The van der Waals surface area contributed by atoms with Crippen LogP contribution >= 0.6 is 0 Å². The molecule has 1 fully saturated rings. The molecule has 1 aliphatic rings. The Morgan fingerprint density at radius 3 is 2.05 bits per heavy atom. The number of aromatic nitrogens is 1. The van der Waals surface area contributed by atoms with Crippen LogP contribution in [-0.2, 0) is 9.47 Å². The van der Waals surface area contributed by atoms with Gasteiger partial charge in [-0.05, 0) is 30.9 Å². The van der Waals surface area contributed by atoms with Gasteiger partial charge in [0.15, 0.2) is 6.29 Å². The summed E-state index contributed by atoms with van der Waals surface area (Å²) in [6.07, 6.45) is 19.0. The minimum atomic E-state index is -0.839. The second kappa shape index (κ2) is 18.5. The summed E-state index contributed by atoms with van der Waals surface area (Å²) in [6.45, 7) is 7.88. The summed E-state index contributed by atoms with van der Waals surface area (Å²) in [7, 11) is 0. The summed E-state index contributed by atoms with van der Waals surface area (Å²) < 4.78 is 27.2. The lowest BCUT2D eigenvalue weighted by Gasteiger charge is -2.29. The molecule has 3 nitrogen and oxygen atoms in total. The Balaban J connectivity index is 1.44. The van der Waals surface area contributed by atoms with E-state index >= 15 is 0 Å². The number of hydrogen-bond acceptors (Lipinski definition) is 3. The molecule has 1 aromatic heterocycles. The fraction of sp³-hybridized carbons (Fsp3) is 0.686. The Morgan fingerprint density at radius 1 is 0.795 bits per heavy atom. The maximum absolute atomic E-state index is 15.0. The Hall–Kier alpha value is -1.78.